The molecular formula is C14H10BrNOS. The summed E-state index contributed by atoms with van der Waals surface area (Å²) in [5, 5.41) is 9.00. The number of hydrogen-bond acceptors (Lipinski definition) is 2. The number of benzene rings is 2. The third-order valence-electron chi connectivity index (χ3n) is 2.51. The first kappa shape index (κ1) is 13.0. The van der Waals surface area contributed by atoms with Crippen LogP contribution in [0.25, 0.3) is 0 Å². The van der Waals surface area contributed by atoms with E-state index >= 15 is 0 Å². The molecule has 2 aromatic carbocycles. The Labute approximate surface area is 117 Å². The van der Waals surface area contributed by atoms with Crippen molar-refractivity contribution in [3.05, 3.63) is 64.1 Å². The summed E-state index contributed by atoms with van der Waals surface area (Å²) in [6, 6.07) is 16.8. The molecule has 4 heteroatoms. The average Bonchev–Trinajstić information content (AvgIpc) is 2.39. The quantitative estimate of drug-likeness (QED) is 0.866. The number of rotatable bonds is 3. The van der Waals surface area contributed by atoms with E-state index in [0.29, 0.717) is 11.3 Å². The highest BCUT2D eigenvalue weighted by atomic mass is 79.9. The molecule has 1 unspecified atom stereocenters. The van der Waals surface area contributed by atoms with Crippen LogP contribution in [0.3, 0.4) is 0 Å². The maximum absolute atomic E-state index is 12.3. The molecule has 2 aromatic rings. The molecule has 0 saturated carbocycles. The van der Waals surface area contributed by atoms with Crippen molar-refractivity contribution < 1.29 is 4.21 Å². The Morgan fingerprint density at radius 3 is 2.50 bits per heavy atom. The van der Waals surface area contributed by atoms with Gasteiger partial charge in [-0.2, -0.15) is 5.26 Å². The third kappa shape index (κ3) is 2.87. The summed E-state index contributed by atoms with van der Waals surface area (Å²) in [6.07, 6.45) is 0. The lowest BCUT2D eigenvalue weighted by Gasteiger charge is -2.06. The van der Waals surface area contributed by atoms with Crippen LogP contribution in [-0.4, -0.2) is 4.21 Å². The summed E-state index contributed by atoms with van der Waals surface area (Å²) in [5.74, 6) is 0.354. The molecule has 0 heterocycles. The molecular weight excluding hydrogens is 310 g/mol. The first-order valence-corrected chi connectivity index (χ1v) is 7.44. The second-order valence-corrected chi connectivity index (χ2v) is 5.96. The summed E-state index contributed by atoms with van der Waals surface area (Å²) < 4.78 is 13.1. The number of hydrogen-bond donors (Lipinski definition) is 0. The molecule has 0 saturated heterocycles. The second-order valence-electron chi connectivity index (χ2n) is 3.69. The van der Waals surface area contributed by atoms with Crippen molar-refractivity contribution in [1.29, 1.82) is 5.26 Å². The van der Waals surface area contributed by atoms with E-state index in [1.807, 2.05) is 42.5 Å². The minimum Gasteiger partial charge on any atom is -0.254 e. The molecule has 0 radical (unpaired) electrons. The highest BCUT2D eigenvalue weighted by molar-refractivity contribution is 9.10. The minimum absolute atomic E-state index is 0.354. The Morgan fingerprint density at radius 2 is 1.78 bits per heavy atom. The van der Waals surface area contributed by atoms with Crippen molar-refractivity contribution in [3.63, 3.8) is 0 Å². The van der Waals surface area contributed by atoms with E-state index in [-0.39, 0.29) is 0 Å². The SMILES string of the molecule is N#Cc1ccccc1CS(=O)c1ccccc1Br. The molecule has 0 bridgehead atoms. The predicted octanol–water partition coefficient (Wildman–Crippen LogP) is 3.63. The Hall–Kier alpha value is -1.44. The molecule has 0 aliphatic rings. The summed E-state index contributed by atoms with van der Waals surface area (Å²) >= 11 is 3.39. The van der Waals surface area contributed by atoms with Gasteiger partial charge in [0.15, 0.2) is 0 Å². The van der Waals surface area contributed by atoms with E-state index in [1.54, 1.807) is 6.07 Å². The van der Waals surface area contributed by atoms with Crippen LogP contribution in [0.4, 0.5) is 0 Å². The Kier molecular flexibility index (Phi) is 4.29. The lowest BCUT2D eigenvalue weighted by atomic mass is 10.1. The van der Waals surface area contributed by atoms with Crippen LogP contribution in [-0.2, 0) is 16.6 Å². The van der Waals surface area contributed by atoms with Gasteiger partial charge >= 0.3 is 0 Å². The van der Waals surface area contributed by atoms with Crippen molar-refractivity contribution in [2.45, 2.75) is 10.6 Å². The van der Waals surface area contributed by atoms with Crippen LogP contribution in [0, 0.1) is 11.3 Å². The molecule has 0 N–H and O–H groups in total. The standard InChI is InChI=1S/C14H10BrNOS/c15-13-7-3-4-8-14(13)18(17)10-12-6-2-1-5-11(12)9-16/h1-8H,10H2. The minimum atomic E-state index is -1.16. The first-order chi connectivity index (χ1) is 8.72. The highest BCUT2D eigenvalue weighted by Gasteiger charge is 2.10. The van der Waals surface area contributed by atoms with Gasteiger partial charge in [0.1, 0.15) is 0 Å². The van der Waals surface area contributed by atoms with Crippen molar-refractivity contribution in [1.82, 2.24) is 0 Å². The van der Waals surface area contributed by atoms with Gasteiger partial charge in [-0.3, -0.25) is 4.21 Å². The van der Waals surface area contributed by atoms with Crippen LogP contribution in [0.1, 0.15) is 11.1 Å². The van der Waals surface area contributed by atoms with Gasteiger partial charge in [-0.25, -0.2) is 0 Å². The predicted molar refractivity (Wildman–Crippen MR) is 75.4 cm³/mol. The summed E-state index contributed by atoms with van der Waals surface area (Å²) in [6.45, 7) is 0. The normalized spacial score (nSPS) is 11.8. The molecule has 2 nitrogen and oxygen atoms in total. The molecule has 0 fully saturated rings. The van der Waals surface area contributed by atoms with Crippen molar-refractivity contribution in [2.24, 2.45) is 0 Å². The molecule has 0 amide bonds. The first-order valence-electron chi connectivity index (χ1n) is 5.33. The van der Waals surface area contributed by atoms with E-state index in [0.717, 1.165) is 14.9 Å². The van der Waals surface area contributed by atoms with Gasteiger partial charge in [0.2, 0.25) is 0 Å². The van der Waals surface area contributed by atoms with Gasteiger partial charge in [-0.05, 0) is 39.7 Å². The summed E-state index contributed by atoms with van der Waals surface area (Å²) in [4.78, 5) is 0.755. The van der Waals surface area contributed by atoms with Crippen LogP contribution >= 0.6 is 15.9 Å². The zero-order chi connectivity index (χ0) is 13.0. The number of halogens is 1. The fourth-order valence-corrected chi connectivity index (χ4v) is 3.64. The Morgan fingerprint density at radius 1 is 1.11 bits per heavy atom. The topological polar surface area (TPSA) is 40.9 Å². The zero-order valence-electron chi connectivity index (χ0n) is 9.47. The fraction of sp³-hybridized carbons (Fsp3) is 0.0714. The van der Waals surface area contributed by atoms with E-state index in [1.165, 1.54) is 0 Å². The molecule has 0 aliphatic carbocycles. The maximum atomic E-state index is 12.3. The van der Waals surface area contributed by atoms with Gasteiger partial charge in [0.25, 0.3) is 0 Å². The molecule has 90 valence electrons. The third-order valence-corrected chi connectivity index (χ3v) is 4.88. The van der Waals surface area contributed by atoms with Crippen molar-refractivity contribution in [3.8, 4) is 6.07 Å². The number of nitrogens with zero attached hydrogens (tertiary/aromatic N) is 1. The average molecular weight is 320 g/mol. The van der Waals surface area contributed by atoms with E-state index in [2.05, 4.69) is 22.0 Å². The monoisotopic (exact) mass is 319 g/mol. The smallest absolute Gasteiger partial charge is 0.0994 e. The largest absolute Gasteiger partial charge is 0.254 e. The summed E-state index contributed by atoms with van der Waals surface area (Å²) in [5.41, 5.74) is 1.40. The maximum Gasteiger partial charge on any atom is 0.0994 e. The molecule has 0 aromatic heterocycles. The van der Waals surface area contributed by atoms with Gasteiger partial charge in [0, 0.05) is 4.47 Å². The van der Waals surface area contributed by atoms with Gasteiger partial charge in [-0.15, -0.1) is 0 Å². The molecule has 0 aliphatic heterocycles. The van der Waals surface area contributed by atoms with E-state index in [4.69, 9.17) is 5.26 Å². The van der Waals surface area contributed by atoms with E-state index in [9.17, 15) is 4.21 Å². The Bertz CT molecular complexity index is 634. The van der Waals surface area contributed by atoms with Crippen LogP contribution < -0.4 is 0 Å². The van der Waals surface area contributed by atoms with Crippen LogP contribution in [0.5, 0.6) is 0 Å². The molecule has 2 rings (SSSR count). The van der Waals surface area contributed by atoms with Crippen molar-refractivity contribution in [2.75, 3.05) is 0 Å². The lowest BCUT2D eigenvalue weighted by molar-refractivity contribution is 0.682. The lowest BCUT2D eigenvalue weighted by Crippen LogP contribution is -1.99. The molecule has 0 spiro atoms. The van der Waals surface area contributed by atoms with Gasteiger partial charge in [-0.1, -0.05) is 30.3 Å². The van der Waals surface area contributed by atoms with Gasteiger partial charge in [0.05, 0.1) is 33.1 Å². The van der Waals surface area contributed by atoms with Crippen LogP contribution in [0.15, 0.2) is 57.9 Å². The fourth-order valence-electron chi connectivity index (χ4n) is 1.60. The van der Waals surface area contributed by atoms with Gasteiger partial charge < -0.3 is 0 Å². The second kappa shape index (κ2) is 5.94. The van der Waals surface area contributed by atoms with Crippen molar-refractivity contribution >= 4 is 26.7 Å². The number of nitriles is 1. The molecule has 18 heavy (non-hydrogen) atoms. The Balaban J connectivity index is 2.28. The zero-order valence-corrected chi connectivity index (χ0v) is 11.9. The van der Waals surface area contributed by atoms with E-state index < -0.39 is 10.8 Å². The highest BCUT2D eigenvalue weighted by Crippen LogP contribution is 2.22. The summed E-state index contributed by atoms with van der Waals surface area (Å²) in [7, 11) is -1.16. The van der Waals surface area contributed by atoms with Crippen LogP contribution in [0.2, 0.25) is 0 Å². The molecule has 1 atom stereocenters.